The van der Waals surface area contributed by atoms with Gasteiger partial charge in [0.2, 0.25) is 0 Å². The summed E-state index contributed by atoms with van der Waals surface area (Å²) >= 11 is 4.29. The average Bonchev–Trinajstić information content (AvgIpc) is 2.91. The summed E-state index contributed by atoms with van der Waals surface area (Å²) in [5.41, 5.74) is 1.43. The minimum Gasteiger partial charge on any atom is -0.459 e. The topological polar surface area (TPSA) is 96.0 Å². The van der Waals surface area contributed by atoms with Crippen molar-refractivity contribution in [2.24, 2.45) is 23.7 Å². The Kier molecular flexibility index (Phi) is 13.4. The quantitative estimate of drug-likeness (QED) is 0.129. The molecule has 0 saturated carbocycles. The molecule has 8 heteroatoms. The first-order valence-corrected chi connectivity index (χ1v) is 15.1. The van der Waals surface area contributed by atoms with E-state index in [1.807, 2.05) is 27.7 Å². The normalized spacial score (nSPS) is 15.0. The Morgan fingerprint density at radius 3 is 1.69 bits per heavy atom. The third kappa shape index (κ3) is 10.1. The number of esters is 2. The number of rotatable bonds is 15. The van der Waals surface area contributed by atoms with Crippen LogP contribution in [0.5, 0.6) is 0 Å². The molecule has 0 radical (unpaired) electrons. The predicted octanol–water partition coefficient (Wildman–Crippen LogP) is 7.51. The fraction of sp³-hybridized carbons (Fsp3) is 0.529. The highest BCUT2D eigenvalue weighted by Gasteiger charge is 2.33. The fourth-order valence-corrected chi connectivity index (χ4v) is 5.19. The van der Waals surface area contributed by atoms with E-state index in [2.05, 4.69) is 26.5 Å². The molecule has 42 heavy (non-hydrogen) atoms. The van der Waals surface area contributed by atoms with Crippen molar-refractivity contribution in [1.29, 1.82) is 0 Å². The van der Waals surface area contributed by atoms with Gasteiger partial charge in [-0.1, -0.05) is 46.8 Å². The average molecular weight is 599 g/mol. The molecule has 2 aromatic rings. The lowest BCUT2D eigenvalue weighted by Crippen LogP contribution is -2.38. The van der Waals surface area contributed by atoms with Crippen molar-refractivity contribution < 1.29 is 33.4 Å². The number of ketones is 2. The van der Waals surface area contributed by atoms with E-state index in [-0.39, 0.29) is 41.0 Å². The van der Waals surface area contributed by atoms with Crippen LogP contribution in [0.2, 0.25) is 0 Å². The number of carbonyl (C=O) groups is 4. The van der Waals surface area contributed by atoms with E-state index >= 15 is 0 Å². The molecule has 0 bridgehead atoms. The summed E-state index contributed by atoms with van der Waals surface area (Å²) in [6, 6.07) is 11.1. The molecule has 7 nitrogen and oxygen atoms in total. The molecular formula is C34H46O7S. The second kappa shape index (κ2) is 16.0. The van der Waals surface area contributed by atoms with Gasteiger partial charge in [-0.25, -0.2) is 9.59 Å². The van der Waals surface area contributed by atoms with Crippen LogP contribution in [0.15, 0.2) is 47.4 Å². The Morgan fingerprint density at radius 1 is 0.690 bits per heavy atom. The second-order valence-electron chi connectivity index (χ2n) is 11.9. The molecule has 0 fully saturated rings. The van der Waals surface area contributed by atoms with Crippen molar-refractivity contribution in [2.75, 3.05) is 6.61 Å². The highest BCUT2D eigenvalue weighted by molar-refractivity contribution is 7.80. The maximum absolute atomic E-state index is 13.0. The lowest BCUT2D eigenvalue weighted by atomic mass is 9.86. The lowest BCUT2D eigenvalue weighted by Gasteiger charge is -2.32. The second-order valence-corrected chi connectivity index (χ2v) is 12.4. The van der Waals surface area contributed by atoms with Gasteiger partial charge in [0, 0.05) is 34.5 Å². The summed E-state index contributed by atoms with van der Waals surface area (Å²) < 4.78 is 17.4. The summed E-state index contributed by atoms with van der Waals surface area (Å²) in [5.74, 6) is -1.41. The minimum atomic E-state index is -0.587. The molecule has 0 amide bonds. The molecule has 0 aliphatic heterocycles. The SMILES string of the molecule is CC(=O)c1cc(S)cc(C(=O)OC(C)C(C(C)C)C(C)OC(=O)c2ccc(C(=O)C(C)C(C)OCCC(C)C)cc2)c1. The molecule has 0 aliphatic rings. The van der Waals surface area contributed by atoms with E-state index in [1.54, 1.807) is 50.2 Å². The van der Waals surface area contributed by atoms with Gasteiger partial charge in [-0.2, -0.15) is 0 Å². The van der Waals surface area contributed by atoms with Gasteiger partial charge in [-0.15, -0.1) is 12.6 Å². The van der Waals surface area contributed by atoms with Gasteiger partial charge in [-0.3, -0.25) is 9.59 Å². The maximum atomic E-state index is 13.0. The predicted molar refractivity (Wildman–Crippen MR) is 167 cm³/mol. The van der Waals surface area contributed by atoms with Gasteiger partial charge >= 0.3 is 11.9 Å². The molecule has 0 aliphatic carbocycles. The molecule has 230 valence electrons. The Balaban J connectivity index is 2.05. The van der Waals surface area contributed by atoms with E-state index in [0.29, 0.717) is 34.1 Å². The van der Waals surface area contributed by atoms with Crippen LogP contribution in [-0.4, -0.2) is 48.4 Å². The van der Waals surface area contributed by atoms with Crippen LogP contribution < -0.4 is 0 Å². The maximum Gasteiger partial charge on any atom is 0.338 e. The zero-order chi connectivity index (χ0) is 31.7. The number of hydrogen-bond donors (Lipinski definition) is 1. The van der Waals surface area contributed by atoms with Crippen molar-refractivity contribution in [3.8, 4) is 0 Å². The Morgan fingerprint density at radius 2 is 1.19 bits per heavy atom. The first-order valence-electron chi connectivity index (χ1n) is 14.6. The largest absolute Gasteiger partial charge is 0.459 e. The number of hydrogen-bond acceptors (Lipinski definition) is 8. The third-order valence-corrected chi connectivity index (χ3v) is 7.86. The highest BCUT2D eigenvalue weighted by atomic mass is 32.1. The van der Waals surface area contributed by atoms with Gasteiger partial charge in [0.05, 0.1) is 17.2 Å². The molecule has 2 aromatic carbocycles. The molecule has 0 aromatic heterocycles. The van der Waals surface area contributed by atoms with Crippen LogP contribution in [0.3, 0.4) is 0 Å². The number of thiol groups is 1. The molecule has 5 atom stereocenters. The van der Waals surface area contributed by atoms with Crippen molar-refractivity contribution >= 4 is 36.1 Å². The van der Waals surface area contributed by atoms with Crippen molar-refractivity contribution in [1.82, 2.24) is 0 Å². The van der Waals surface area contributed by atoms with Crippen LogP contribution in [0.1, 0.15) is 110 Å². The van der Waals surface area contributed by atoms with Crippen LogP contribution in [0.4, 0.5) is 0 Å². The van der Waals surface area contributed by atoms with E-state index in [4.69, 9.17) is 14.2 Å². The molecule has 0 saturated heterocycles. The Bertz CT molecular complexity index is 1230. The molecule has 0 N–H and O–H groups in total. The van der Waals surface area contributed by atoms with Crippen molar-refractivity contribution in [3.05, 3.63) is 64.7 Å². The van der Waals surface area contributed by atoms with E-state index < -0.39 is 24.1 Å². The fourth-order valence-electron chi connectivity index (χ4n) is 4.91. The number of benzene rings is 2. The van der Waals surface area contributed by atoms with Crippen LogP contribution in [-0.2, 0) is 14.2 Å². The zero-order valence-corrected chi connectivity index (χ0v) is 27.2. The molecule has 5 unspecified atom stereocenters. The van der Waals surface area contributed by atoms with Crippen LogP contribution >= 0.6 is 12.6 Å². The summed E-state index contributed by atoms with van der Waals surface area (Å²) in [4.78, 5) is 51.2. The third-order valence-electron chi connectivity index (χ3n) is 7.60. The first-order chi connectivity index (χ1) is 19.6. The molecule has 0 spiro atoms. The molecular weight excluding hydrogens is 552 g/mol. The summed E-state index contributed by atoms with van der Waals surface area (Å²) in [6.07, 6.45) is -0.445. The molecule has 0 heterocycles. The smallest absolute Gasteiger partial charge is 0.338 e. The van der Waals surface area contributed by atoms with Crippen molar-refractivity contribution in [3.63, 3.8) is 0 Å². The van der Waals surface area contributed by atoms with Crippen LogP contribution in [0, 0.1) is 23.7 Å². The number of Topliss-reactive ketones (excluding diaryl/α,β-unsaturated/α-hetero) is 2. The van der Waals surface area contributed by atoms with Crippen molar-refractivity contribution in [2.45, 2.75) is 91.9 Å². The monoisotopic (exact) mass is 598 g/mol. The van der Waals surface area contributed by atoms with E-state index in [0.717, 1.165) is 6.42 Å². The summed E-state index contributed by atoms with van der Waals surface area (Å²) in [7, 11) is 0. The van der Waals surface area contributed by atoms with E-state index in [9.17, 15) is 19.2 Å². The first kappa shape index (κ1) is 35.2. The van der Waals surface area contributed by atoms with Gasteiger partial charge in [0.15, 0.2) is 11.6 Å². The van der Waals surface area contributed by atoms with E-state index in [1.165, 1.54) is 13.0 Å². The summed E-state index contributed by atoms with van der Waals surface area (Å²) in [6.45, 7) is 17.5. The Labute approximate surface area is 256 Å². The zero-order valence-electron chi connectivity index (χ0n) is 26.3. The van der Waals surface area contributed by atoms with Gasteiger partial charge < -0.3 is 14.2 Å². The summed E-state index contributed by atoms with van der Waals surface area (Å²) in [5, 5.41) is 0. The Hall–Kier alpha value is -2.97. The number of carbonyl (C=O) groups excluding carboxylic acids is 4. The lowest BCUT2D eigenvalue weighted by molar-refractivity contribution is -0.0352. The van der Waals surface area contributed by atoms with Gasteiger partial charge in [-0.05, 0) is 76.3 Å². The number of ether oxygens (including phenoxy) is 3. The molecule has 2 rings (SSSR count). The highest BCUT2D eigenvalue weighted by Crippen LogP contribution is 2.27. The van der Waals surface area contributed by atoms with Gasteiger partial charge in [0.25, 0.3) is 0 Å². The standard InChI is InChI=1S/C34H46O7S/c1-19(2)14-15-39-23(7)21(5)32(36)26-10-12-27(13-11-26)33(37)40-24(8)31(20(3)4)25(9)41-34(38)29-16-28(22(6)35)17-30(42)18-29/h10-13,16-21,23-25,31,42H,14-15H2,1-9H3. The van der Waals surface area contributed by atoms with Gasteiger partial charge in [0.1, 0.15) is 12.2 Å². The minimum absolute atomic E-state index is 0.0193. The van der Waals surface area contributed by atoms with Crippen LogP contribution in [0.25, 0.3) is 0 Å².